The average Bonchev–Trinajstić information content (AvgIpc) is 2.97. The fraction of sp³-hybridized carbons (Fsp3) is 0.273. The maximum absolute atomic E-state index is 4.30. The summed E-state index contributed by atoms with van der Waals surface area (Å²) in [6, 6.07) is 0. The maximum atomic E-state index is 4.30. The standard InChI is InChI=1S/C11H12N4S2/c1-14(6-10-13-2-3-16-10)5-9-7-17-11-4-12-8-15(9)11/h2-4,7-8H,5-6H2,1H3. The fourth-order valence-corrected chi connectivity index (χ4v) is 3.32. The Balaban J connectivity index is 1.72. The Bertz CT molecular complexity index is 596. The van der Waals surface area contributed by atoms with E-state index < -0.39 is 0 Å². The lowest BCUT2D eigenvalue weighted by Crippen LogP contribution is -2.17. The summed E-state index contributed by atoms with van der Waals surface area (Å²) in [5, 5.41) is 5.36. The first-order valence-corrected chi connectivity index (χ1v) is 7.04. The second-order valence-corrected chi connectivity index (χ2v) is 5.80. The minimum atomic E-state index is 0.893. The summed E-state index contributed by atoms with van der Waals surface area (Å²) in [4.78, 5) is 11.9. The third kappa shape index (κ3) is 2.24. The number of imidazole rings is 1. The molecule has 0 atom stereocenters. The Morgan fingerprint density at radius 2 is 2.29 bits per heavy atom. The Morgan fingerprint density at radius 3 is 3.12 bits per heavy atom. The van der Waals surface area contributed by atoms with Gasteiger partial charge in [-0.05, 0) is 7.05 Å². The monoisotopic (exact) mass is 264 g/mol. The van der Waals surface area contributed by atoms with Crippen molar-refractivity contribution in [1.82, 2.24) is 19.3 Å². The van der Waals surface area contributed by atoms with Gasteiger partial charge in [-0.1, -0.05) is 0 Å². The summed E-state index contributed by atoms with van der Waals surface area (Å²) in [6.45, 7) is 1.81. The third-order valence-electron chi connectivity index (χ3n) is 2.55. The number of fused-ring (bicyclic) bond motifs is 1. The molecule has 0 aliphatic carbocycles. The van der Waals surface area contributed by atoms with Crippen LogP contribution in [0.1, 0.15) is 10.7 Å². The summed E-state index contributed by atoms with van der Waals surface area (Å²) < 4.78 is 2.14. The van der Waals surface area contributed by atoms with Gasteiger partial charge in [0.25, 0.3) is 0 Å². The highest BCUT2D eigenvalue weighted by Crippen LogP contribution is 2.17. The first-order chi connectivity index (χ1) is 8.33. The molecule has 4 nitrogen and oxygen atoms in total. The van der Waals surface area contributed by atoms with Crippen LogP contribution in [-0.4, -0.2) is 26.3 Å². The van der Waals surface area contributed by atoms with Gasteiger partial charge in [-0.3, -0.25) is 9.30 Å². The van der Waals surface area contributed by atoms with E-state index in [1.807, 2.05) is 24.1 Å². The Labute approximate surface area is 107 Å². The molecule has 0 aliphatic heterocycles. The van der Waals surface area contributed by atoms with Crippen LogP contribution in [0.5, 0.6) is 0 Å². The Morgan fingerprint density at radius 1 is 1.35 bits per heavy atom. The molecule has 3 rings (SSSR count). The summed E-state index contributed by atoms with van der Waals surface area (Å²) in [5.74, 6) is 0. The molecule has 0 spiro atoms. The van der Waals surface area contributed by atoms with Gasteiger partial charge in [-0.15, -0.1) is 22.7 Å². The van der Waals surface area contributed by atoms with Gasteiger partial charge in [0.15, 0.2) is 0 Å². The summed E-state index contributed by atoms with van der Waals surface area (Å²) >= 11 is 3.43. The van der Waals surface area contributed by atoms with E-state index in [9.17, 15) is 0 Å². The smallest absolute Gasteiger partial charge is 0.119 e. The van der Waals surface area contributed by atoms with E-state index in [1.165, 1.54) is 10.5 Å². The SMILES string of the molecule is CN(Cc1nccs1)Cc1csc2cncn12. The van der Waals surface area contributed by atoms with Crippen molar-refractivity contribution in [3.63, 3.8) is 0 Å². The number of nitrogens with zero attached hydrogens (tertiary/aromatic N) is 4. The summed E-state index contributed by atoms with van der Waals surface area (Å²) in [7, 11) is 2.11. The molecule has 0 aliphatic rings. The van der Waals surface area contributed by atoms with E-state index in [2.05, 4.69) is 31.7 Å². The van der Waals surface area contributed by atoms with Crippen molar-refractivity contribution in [2.45, 2.75) is 13.1 Å². The predicted octanol–water partition coefficient (Wildman–Crippen LogP) is 2.48. The van der Waals surface area contributed by atoms with E-state index >= 15 is 0 Å². The van der Waals surface area contributed by atoms with Gasteiger partial charge in [0.2, 0.25) is 0 Å². The van der Waals surface area contributed by atoms with Crippen molar-refractivity contribution >= 4 is 27.5 Å². The second kappa shape index (κ2) is 4.56. The van der Waals surface area contributed by atoms with Crippen molar-refractivity contribution in [1.29, 1.82) is 0 Å². The first-order valence-electron chi connectivity index (χ1n) is 5.28. The van der Waals surface area contributed by atoms with Crippen LogP contribution >= 0.6 is 22.7 Å². The fourth-order valence-electron chi connectivity index (χ4n) is 1.78. The quantitative estimate of drug-likeness (QED) is 0.726. The zero-order valence-electron chi connectivity index (χ0n) is 9.41. The normalized spacial score (nSPS) is 11.6. The lowest BCUT2D eigenvalue weighted by Gasteiger charge is -2.14. The van der Waals surface area contributed by atoms with E-state index in [4.69, 9.17) is 0 Å². The summed E-state index contributed by atoms with van der Waals surface area (Å²) in [5.41, 5.74) is 1.28. The number of thiazole rings is 2. The number of hydrogen-bond acceptors (Lipinski definition) is 5. The molecule has 6 heteroatoms. The van der Waals surface area contributed by atoms with Gasteiger partial charge in [-0.2, -0.15) is 0 Å². The first kappa shape index (κ1) is 10.9. The predicted molar refractivity (Wildman–Crippen MR) is 70.4 cm³/mol. The molecule has 0 radical (unpaired) electrons. The van der Waals surface area contributed by atoms with Crippen LogP contribution in [0.3, 0.4) is 0 Å². The molecule has 0 fully saturated rings. The van der Waals surface area contributed by atoms with Gasteiger partial charge >= 0.3 is 0 Å². The molecule has 88 valence electrons. The summed E-state index contributed by atoms with van der Waals surface area (Å²) in [6.07, 6.45) is 5.62. The van der Waals surface area contributed by atoms with Gasteiger partial charge < -0.3 is 0 Å². The number of aromatic nitrogens is 3. The van der Waals surface area contributed by atoms with Crippen molar-refractivity contribution in [2.24, 2.45) is 0 Å². The lowest BCUT2D eigenvalue weighted by molar-refractivity contribution is 0.314. The van der Waals surface area contributed by atoms with Crippen molar-refractivity contribution in [3.8, 4) is 0 Å². The van der Waals surface area contributed by atoms with Gasteiger partial charge in [0.05, 0.1) is 12.7 Å². The molecular weight excluding hydrogens is 252 g/mol. The van der Waals surface area contributed by atoms with Crippen molar-refractivity contribution < 1.29 is 0 Å². The van der Waals surface area contributed by atoms with E-state index in [1.54, 1.807) is 22.7 Å². The van der Waals surface area contributed by atoms with Gasteiger partial charge in [-0.25, -0.2) is 9.97 Å². The van der Waals surface area contributed by atoms with Crippen LogP contribution in [0, 0.1) is 0 Å². The number of rotatable bonds is 4. The molecule has 0 unspecified atom stereocenters. The van der Waals surface area contributed by atoms with Crippen LogP contribution in [-0.2, 0) is 13.1 Å². The van der Waals surface area contributed by atoms with Crippen LogP contribution in [0.25, 0.3) is 4.83 Å². The highest BCUT2D eigenvalue weighted by molar-refractivity contribution is 7.15. The minimum Gasteiger partial charge on any atom is -0.294 e. The Hall–Kier alpha value is -1.24. The highest BCUT2D eigenvalue weighted by Gasteiger charge is 2.08. The zero-order valence-corrected chi connectivity index (χ0v) is 11.0. The molecule has 0 saturated carbocycles. The Kier molecular flexibility index (Phi) is 2.92. The molecule has 0 bridgehead atoms. The molecule has 0 saturated heterocycles. The second-order valence-electron chi connectivity index (χ2n) is 3.93. The highest BCUT2D eigenvalue weighted by atomic mass is 32.1. The van der Waals surface area contributed by atoms with Crippen LogP contribution in [0.4, 0.5) is 0 Å². The molecule has 0 N–H and O–H groups in total. The molecule has 3 heterocycles. The van der Waals surface area contributed by atoms with E-state index in [0.717, 1.165) is 18.1 Å². The van der Waals surface area contributed by atoms with Crippen LogP contribution in [0.15, 0.2) is 29.5 Å². The third-order valence-corrected chi connectivity index (χ3v) is 4.25. The zero-order chi connectivity index (χ0) is 11.7. The van der Waals surface area contributed by atoms with Crippen molar-refractivity contribution in [3.05, 3.63) is 40.2 Å². The maximum Gasteiger partial charge on any atom is 0.119 e. The molecule has 0 aromatic carbocycles. The van der Waals surface area contributed by atoms with Crippen LogP contribution < -0.4 is 0 Å². The topological polar surface area (TPSA) is 33.4 Å². The van der Waals surface area contributed by atoms with Gasteiger partial charge in [0, 0.05) is 29.2 Å². The average molecular weight is 264 g/mol. The molecule has 17 heavy (non-hydrogen) atoms. The number of hydrogen-bond donors (Lipinski definition) is 0. The van der Waals surface area contributed by atoms with Crippen molar-refractivity contribution in [2.75, 3.05) is 7.05 Å². The van der Waals surface area contributed by atoms with E-state index in [0.29, 0.717) is 0 Å². The molecule has 3 aromatic rings. The minimum absolute atomic E-state index is 0.893. The molecule has 3 aromatic heterocycles. The van der Waals surface area contributed by atoms with Crippen LogP contribution in [0.2, 0.25) is 0 Å². The van der Waals surface area contributed by atoms with E-state index in [-0.39, 0.29) is 0 Å². The van der Waals surface area contributed by atoms with Gasteiger partial charge in [0.1, 0.15) is 16.2 Å². The molecular formula is C11H12N4S2. The lowest BCUT2D eigenvalue weighted by atomic mass is 10.4. The largest absolute Gasteiger partial charge is 0.294 e. The molecule has 0 amide bonds.